The van der Waals surface area contributed by atoms with Crippen LogP contribution >= 0.6 is 11.8 Å². The maximum Gasteiger partial charge on any atom is 0.307 e. The summed E-state index contributed by atoms with van der Waals surface area (Å²) in [6.07, 6.45) is 0.286. The topological polar surface area (TPSA) is 59.1 Å². The van der Waals surface area contributed by atoms with E-state index in [-0.39, 0.29) is 24.9 Å². The second kappa shape index (κ2) is 10.8. The molecule has 1 aliphatic heterocycles. The van der Waals surface area contributed by atoms with Crippen molar-refractivity contribution in [3.63, 3.8) is 0 Å². The van der Waals surface area contributed by atoms with Gasteiger partial charge in [-0.1, -0.05) is 30.3 Å². The first-order valence-corrected chi connectivity index (χ1v) is 10.6. The van der Waals surface area contributed by atoms with Crippen LogP contribution in [0.25, 0.3) is 0 Å². The van der Waals surface area contributed by atoms with Gasteiger partial charge in [-0.25, -0.2) is 0 Å². The summed E-state index contributed by atoms with van der Waals surface area (Å²) < 4.78 is 10.6. The van der Waals surface area contributed by atoms with E-state index in [0.717, 1.165) is 16.3 Å². The first-order valence-electron chi connectivity index (χ1n) is 9.66. The number of thioether (sulfide) groups is 1. The van der Waals surface area contributed by atoms with Gasteiger partial charge in [0.15, 0.2) is 6.61 Å². The van der Waals surface area contributed by atoms with Crippen LogP contribution in [-0.2, 0) is 14.3 Å². The van der Waals surface area contributed by atoms with E-state index < -0.39 is 0 Å². The maximum absolute atomic E-state index is 12.4. The van der Waals surface area contributed by atoms with Crippen molar-refractivity contribution in [2.24, 2.45) is 0 Å². The number of methoxy groups -OCH3 is 1. The summed E-state index contributed by atoms with van der Waals surface area (Å²) in [6, 6.07) is 17.8. The summed E-state index contributed by atoms with van der Waals surface area (Å²) in [6.45, 7) is 2.43. The minimum absolute atomic E-state index is 0.145. The standard InChI is InChI=1S/C22H26N2O4S/c1-27-20-10-6-5-9-19(20)23-12-14-24(15-13-23)21(25)17-28-22(26)11-16-29-18-7-3-2-4-8-18/h2-10H,11-17H2,1H3. The van der Waals surface area contributed by atoms with E-state index in [4.69, 9.17) is 9.47 Å². The predicted molar refractivity (Wildman–Crippen MR) is 115 cm³/mol. The Kier molecular flexibility index (Phi) is 7.81. The number of hydrogen-bond donors (Lipinski definition) is 0. The molecule has 1 amide bonds. The molecular weight excluding hydrogens is 388 g/mol. The molecule has 0 N–H and O–H groups in total. The molecule has 154 valence electrons. The lowest BCUT2D eigenvalue weighted by Gasteiger charge is -2.36. The Morgan fingerprint density at radius 1 is 0.966 bits per heavy atom. The number of piperazine rings is 1. The largest absolute Gasteiger partial charge is 0.495 e. The Morgan fingerprint density at radius 3 is 2.38 bits per heavy atom. The number of benzene rings is 2. The SMILES string of the molecule is COc1ccccc1N1CCN(C(=O)COC(=O)CCSc2ccccc2)CC1. The van der Waals surface area contributed by atoms with Crippen LogP contribution in [-0.4, -0.2) is 62.4 Å². The van der Waals surface area contributed by atoms with Gasteiger partial charge in [0.25, 0.3) is 5.91 Å². The smallest absolute Gasteiger partial charge is 0.307 e. The van der Waals surface area contributed by atoms with Crippen LogP contribution in [0.3, 0.4) is 0 Å². The number of esters is 1. The van der Waals surface area contributed by atoms with Crippen LogP contribution in [0.4, 0.5) is 5.69 Å². The third-order valence-corrected chi connectivity index (χ3v) is 5.75. The number of hydrogen-bond acceptors (Lipinski definition) is 6. The summed E-state index contributed by atoms with van der Waals surface area (Å²) in [4.78, 5) is 29.3. The fourth-order valence-electron chi connectivity index (χ4n) is 3.16. The van der Waals surface area contributed by atoms with Gasteiger partial charge in [0, 0.05) is 36.8 Å². The second-order valence-corrected chi connectivity index (χ2v) is 7.78. The van der Waals surface area contributed by atoms with Gasteiger partial charge in [-0.2, -0.15) is 0 Å². The minimum atomic E-state index is -0.338. The molecule has 0 saturated carbocycles. The Hall–Kier alpha value is -2.67. The average Bonchev–Trinajstić information content (AvgIpc) is 2.78. The van der Waals surface area contributed by atoms with Gasteiger partial charge in [0.1, 0.15) is 5.75 Å². The van der Waals surface area contributed by atoms with Gasteiger partial charge in [0.05, 0.1) is 19.2 Å². The van der Waals surface area contributed by atoms with Crippen molar-refractivity contribution in [1.29, 1.82) is 0 Å². The Labute approximate surface area is 175 Å². The number of para-hydroxylation sites is 2. The molecule has 6 nitrogen and oxygen atoms in total. The van der Waals surface area contributed by atoms with Crippen LogP contribution < -0.4 is 9.64 Å². The summed E-state index contributed by atoms with van der Waals surface area (Å²) in [5, 5.41) is 0. The molecule has 1 heterocycles. The van der Waals surface area contributed by atoms with Crippen molar-refractivity contribution in [3.05, 3.63) is 54.6 Å². The average molecular weight is 415 g/mol. The number of carbonyl (C=O) groups excluding carboxylic acids is 2. The Bertz CT molecular complexity index is 807. The zero-order chi connectivity index (χ0) is 20.5. The number of nitrogens with zero attached hydrogens (tertiary/aromatic N) is 2. The highest BCUT2D eigenvalue weighted by Gasteiger charge is 2.23. The molecular formula is C22H26N2O4S. The van der Waals surface area contributed by atoms with Crippen molar-refractivity contribution in [2.75, 3.05) is 50.5 Å². The molecule has 1 fully saturated rings. The molecule has 29 heavy (non-hydrogen) atoms. The third kappa shape index (κ3) is 6.15. The monoisotopic (exact) mass is 414 g/mol. The molecule has 7 heteroatoms. The number of rotatable bonds is 8. The number of ether oxygens (including phenoxy) is 2. The van der Waals surface area contributed by atoms with E-state index in [1.54, 1.807) is 23.8 Å². The zero-order valence-corrected chi connectivity index (χ0v) is 17.4. The summed E-state index contributed by atoms with van der Waals surface area (Å²) in [5.74, 6) is 0.979. The van der Waals surface area contributed by atoms with Gasteiger partial charge >= 0.3 is 5.97 Å². The Morgan fingerprint density at radius 2 is 1.66 bits per heavy atom. The molecule has 1 saturated heterocycles. The second-order valence-electron chi connectivity index (χ2n) is 6.61. The zero-order valence-electron chi connectivity index (χ0n) is 16.6. The molecule has 0 bridgehead atoms. The first-order chi connectivity index (χ1) is 14.2. The maximum atomic E-state index is 12.4. The van der Waals surface area contributed by atoms with Gasteiger partial charge in [0.2, 0.25) is 0 Å². The highest BCUT2D eigenvalue weighted by atomic mass is 32.2. The molecule has 1 aliphatic rings. The summed E-state index contributed by atoms with van der Waals surface area (Å²) >= 11 is 1.60. The molecule has 2 aromatic rings. The lowest BCUT2D eigenvalue weighted by atomic mass is 10.2. The number of amides is 1. The minimum Gasteiger partial charge on any atom is -0.495 e. The molecule has 0 aromatic heterocycles. The predicted octanol–water partition coefficient (Wildman–Crippen LogP) is 3.07. The molecule has 0 spiro atoms. The van der Waals surface area contributed by atoms with E-state index in [0.29, 0.717) is 31.9 Å². The van der Waals surface area contributed by atoms with Gasteiger partial charge < -0.3 is 19.3 Å². The summed E-state index contributed by atoms with van der Waals surface area (Å²) in [7, 11) is 1.66. The molecule has 2 aromatic carbocycles. The highest BCUT2D eigenvalue weighted by Crippen LogP contribution is 2.28. The van der Waals surface area contributed by atoms with E-state index in [9.17, 15) is 9.59 Å². The van der Waals surface area contributed by atoms with Crippen molar-refractivity contribution in [2.45, 2.75) is 11.3 Å². The van der Waals surface area contributed by atoms with Crippen molar-refractivity contribution < 1.29 is 19.1 Å². The van der Waals surface area contributed by atoms with Gasteiger partial charge in [-0.05, 0) is 24.3 Å². The van der Waals surface area contributed by atoms with E-state index in [1.807, 2.05) is 54.6 Å². The lowest BCUT2D eigenvalue weighted by molar-refractivity contribution is -0.151. The summed E-state index contributed by atoms with van der Waals surface area (Å²) in [5.41, 5.74) is 1.03. The van der Waals surface area contributed by atoms with Crippen LogP contribution in [0, 0.1) is 0 Å². The van der Waals surface area contributed by atoms with Crippen molar-refractivity contribution in [1.82, 2.24) is 4.90 Å². The normalized spacial score (nSPS) is 13.8. The molecule has 0 radical (unpaired) electrons. The van der Waals surface area contributed by atoms with Crippen LogP contribution in [0.5, 0.6) is 5.75 Å². The number of anilines is 1. The quantitative estimate of drug-likeness (QED) is 0.489. The Balaban J connectivity index is 1.37. The van der Waals surface area contributed by atoms with Crippen LogP contribution in [0.2, 0.25) is 0 Å². The molecule has 0 aliphatic carbocycles. The van der Waals surface area contributed by atoms with Crippen molar-refractivity contribution in [3.8, 4) is 5.75 Å². The fourth-order valence-corrected chi connectivity index (χ4v) is 4.02. The molecule has 3 rings (SSSR count). The van der Waals surface area contributed by atoms with E-state index in [1.165, 1.54) is 0 Å². The van der Waals surface area contributed by atoms with Crippen LogP contribution in [0.1, 0.15) is 6.42 Å². The van der Waals surface area contributed by atoms with Crippen molar-refractivity contribution >= 4 is 29.3 Å². The fraction of sp³-hybridized carbons (Fsp3) is 0.364. The number of carbonyl (C=O) groups is 2. The molecule has 0 unspecified atom stereocenters. The third-order valence-electron chi connectivity index (χ3n) is 4.73. The van der Waals surface area contributed by atoms with Gasteiger partial charge in [-0.3, -0.25) is 9.59 Å². The van der Waals surface area contributed by atoms with Crippen LogP contribution in [0.15, 0.2) is 59.5 Å². The first kappa shape index (κ1) is 21.0. The van der Waals surface area contributed by atoms with E-state index in [2.05, 4.69) is 4.90 Å². The highest BCUT2D eigenvalue weighted by molar-refractivity contribution is 7.99. The van der Waals surface area contributed by atoms with E-state index >= 15 is 0 Å². The lowest BCUT2D eigenvalue weighted by Crippen LogP contribution is -2.50. The molecule has 0 atom stereocenters. The van der Waals surface area contributed by atoms with Gasteiger partial charge in [-0.15, -0.1) is 11.8 Å².